The summed E-state index contributed by atoms with van der Waals surface area (Å²) in [5, 5.41) is 9.12. The molecule has 0 radical (unpaired) electrons. The zero-order chi connectivity index (χ0) is 16.4. The zero-order valence-electron chi connectivity index (χ0n) is 12.3. The van der Waals surface area contributed by atoms with E-state index in [1.165, 1.54) is 4.90 Å². The van der Waals surface area contributed by atoms with Crippen LogP contribution in [0.25, 0.3) is 0 Å². The van der Waals surface area contributed by atoms with Crippen LogP contribution in [0.5, 0.6) is 0 Å². The zero-order valence-corrected chi connectivity index (χ0v) is 12.3. The molecule has 23 heavy (non-hydrogen) atoms. The molecule has 0 bridgehead atoms. The predicted molar refractivity (Wildman–Crippen MR) is 83.9 cm³/mol. The second kappa shape index (κ2) is 6.04. The second-order valence-corrected chi connectivity index (χ2v) is 5.43. The van der Waals surface area contributed by atoms with Crippen molar-refractivity contribution >= 4 is 23.3 Å². The molecule has 1 fully saturated rings. The Morgan fingerprint density at radius 1 is 0.957 bits per heavy atom. The molecule has 0 aromatic heterocycles. The van der Waals surface area contributed by atoms with Crippen LogP contribution in [0.15, 0.2) is 60.7 Å². The van der Waals surface area contributed by atoms with Crippen LogP contribution in [0.1, 0.15) is 18.0 Å². The largest absolute Gasteiger partial charge is 0.481 e. The Hall–Kier alpha value is -2.95. The Labute approximate surface area is 133 Å². The van der Waals surface area contributed by atoms with Crippen molar-refractivity contribution in [2.75, 3.05) is 4.90 Å². The van der Waals surface area contributed by atoms with Gasteiger partial charge in [-0.3, -0.25) is 19.3 Å². The summed E-state index contributed by atoms with van der Waals surface area (Å²) >= 11 is 0. The Bertz CT molecular complexity index is 742. The van der Waals surface area contributed by atoms with Gasteiger partial charge in [0.25, 0.3) is 5.91 Å². The molecule has 5 nitrogen and oxygen atoms in total. The third kappa shape index (κ3) is 2.73. The summed E-state index contributed by atoms with van der Waals surface area (Å²) in [6.45, 7) is 0. The highest BCUT2D eigenvalue weighted by atomic mass is 16.4. The van der Waals surface area contributed by atoms with Gasteiger partial charge >= 0.3 is 5.97 Å². The number of nitrogens with zero attached hydrogens (tertiary/aromatic N) is 1. The topological polar surface area (TPSA) is 74.7 Å². The van der Waals surface area contributed by atoms with Gasteiger partial charge in [0.15, 0.2) is 0 Å². The van der Waals surface area contributed by atoms with Gasteiger partial charge in [0.05, 0.1) is 18.4 Å². The number of carboxylic acid groups (broad SMARTS) is 1. The fraction of sp³-hybridized carbons (Fsp3) is 0.167. The first kappa shape index (κ1) is 15.0. The van der Waals surface area contributed by atoms with Crippen molar-refractivity contribution in [2.24, 2.45) is 5.92 Å². The molecule has 1 N–H and O–H groups in total. The molecule has 1 heterocycles. The number of ketones is 1. The quantitative estimate of drug-likeness (QED) is 0.880. The van der Waals surface area contributed by atoms with E-state index in [9.17, 15) is 14.4 Å². The highest BCUT2D eigenvalue weighted by molar-refractivity contribution is 6.45. The number of hydrogen-bond donors (Lipinski definition) is 1. The SMILES string of the molecule is O=C(O)C[C@@H]1C(=O)C(=O)N(c2ccccc2)[C@@H]1c1ccccc1. The minimum Gasteiger partial charge on any atom is -0.481 e. The first-order chi connectivity index (χ1) is 11.1. The number of carbonyl (C=O) groups is 3. The van der Waals surface area contributed by atoms with E-state index in [-0.39, 0.29) is 6.42 Å². The number of carbonyl (C=O) groups excluding carboxylic acids is 2. The number of aliphatic carboxylic acids is 1. The molecule has 1 amide bonds. The van der Waals surface area contributed by atoms with E-state index in [0.29, 0.717) is 5.69 Å². The summed E-state index contributed by atoms with van der Waals surface area (Å²) < 4.78 is 0. The second-order valence-electron chi connectivity index (χ2n) is 5.43. The van der Waals surface area contributed by atoms with Crippen LogP contribution >= 0.6 is 0 Å². The standard InChI is InChI=1S/C18H15NO4/c20-15(21)11-14-16(12-7-3-1-4-8-12)19(18(23)17(14)22)13-9-5-2-6-10-13/h1-10,14,16H,11H2,(H,20,21)/t14-,16+/m0/s1. The van der Waals surface area contributed by atoms with Crippen LogP contribution in [0, 0.1) is 5.92 Å². The van der Waals surface area contributed by atoms with Gasteiger partial charge < -0.3 is 5.11 Å². The van der Waals surface area contributed by atoms with Crippen molar-refractivity contribution in [3.05, 3.63) is 66.2 Å². The normalized spacial score (nSPS) is 20.8. The summed E-state index contributed by atoms with van der Waals surface area (Å²) in [6, 6.07) is 17.3. The van der Waals surface area contributed by atoms with Crippen LogP contribution in [-0.4, -0.2) is 22.8 Å². The molecule has 3 rings (SSSR count). The molecule has 0 saturated carbocycles. The van der Waals surface area contributed by atoms with Crippen LogP contribution in [0.4, 0.5) is 5.69 Å². The average Bonchev–Trinajstić information content (AvgIpc) is 2.81. The van der Waals surface area contributed by atoms with E-state index >= 15 is 0 Å². The third-order valence-corrected chi connectivity index (χ3v) is 4.00. The van der Waals surface area contributed by atoms with E-state index in [0.717, 1.165) is 5.56 Å². The van der Waals surface area contributed by atoms with Crippen molar-refractivity contribution < 1.29 is 19.5 Å². The molecule has 0 spiro atoms. The fourth-order valence-corrected chi connectivity index (χ4v) is 3.02. The van der Waals surface area contributed by atoms with Crippen LogP contribution in [-0.2, 0) is 14.4 Å². The molecule has 2 atom stereocenters. The number of anilines is 1. The predicted octanol–water partition coefficient (Wildman–Crippen LogP) is 2.43. The number of Topliss-reactive ketones (excluding diaryl/α,β-unsaturated/α-hetero) is 1. The van der Waals surface area contributed by atoms with Crippen molar-refractivity contribution in [2.45, 2.75) is 12.5 Å². The lowest BCUT2D eigenvalue weighted by molar-refractivity contribution is -0.141. The first-order valence-corrected chi connectivity index (χ1v) is 7.29. The van der Waals surface area contributed by atoms with Gasteiger partial charge in [-0.25, -0.2) is 0 Å². The number of para-hydroxylation sites is 1. The van der Waals surface area contributed by atoms with Gasteiger partial charge in [-0.1, -0.05) is 48.5 Å². The molecule has 116 valence electrons. The van der Waals surface area contributed by atoms with Crippen molar-refractivity contribution in [1.82, 2.24) is 0 Å². The summed E-state index contributed by atoms with van der Waals surface area (Å²) in [7, 11) is 0. The molecule has 1 aliphatic heterocycles. The van der Waals surface area contributed by atoms with Crippen LogP contribution in [0.3, 0.4) is 0 Å². The average molecular weight is 309 g/mol. The highest BCUT2D eigenvalue weighted by Gasteiger charge is 2.49. The maximum Gasteiger partial charge on any atom is 0.304 e. The van der Waals surface area contributed by atoms with Crippen molar-refractivity contribution in [1.29, 1.82) is 0 Å². The van der Waals surface area contributed by atoms with Crippen molar-refractivity contribution in [3.63, 3.8) is 0 Å². The maximum atomic E-state index is 12.5. The minimum atomic E-state index is -1.09. The summed E-state index contributed by atoms with van der Waals surface area (Å²) in [6.07, 6.45) is -0.368. The molecular weight excluding hydrogens is 294 g/mol. The fourth-order valence-electron chi connectivity index (χ4n) is 3.02. The van der Waals surface area contributed by atoms with Gasteiger partial charge in [-0.2, -0.15) is 0 Å². The lowest BCUT2D eigenvalue weighted by Crippen LogP contribution is -2.29. The van der Waals surface area contributed by atoms with Gasteiger partial charge in [-0.05, 0) is 17.7 Å². The Morgan fingerprint density at radius 2 is 1.52 bits per heavy atom. The van der Waals surface area contributed by atoms with Gasteiger partial charge in [0, 0.05) is 5.69 Å². The van der Waals surface area contributed by atoms with Crippen LogP contribution < -0.4 is 4.90 Å². The van der Waals surface area contributed by atoms with Gasteiger partial charge in [0.2, 0.25) is 5.78 Å². The molecule has 5 heteroatoms. The molecule has 1 saturated heterocycles. The van der Waals surface area contributed by atoms with E-state index in [1.807, 2.05) is 24.3 Å². The van der Waals surface area contributed by atoms with Gasteiger partial charge in [0.1, 0.15) is 0 Å². The third-order valence-electron chi connectivity index (χ3n) is 4.00. The minimum absolute atomic E-state index is 0.368. The van der Waals surface area contributed by atoms with Crippen molar-refractivity contribution in [3.8, 4) is 0 Å². The van der Waals surface area contributed by atoms with E-state index < -0.39 is 29.6 Å². The summed E-state index contributed by atoms with van der Waals surface area (Å²) in [4.78, 5) is 37.4. The monoisotopic (exact) mass is 309 g/mol. The molecule has 1 aliphatic rings. The molecule has 0 unspecified atom stereocenters. The smallest absolute Gasteiger partial charge is 0.304 e. The Morgan fingerprint density at radius 3 is 2.09 bits per heavy atom. The number of benzene rings is 2. The van der Waals surface area contributed by atoms with Crippen LogP contribution in [0.2, 0.25) is 0 Å². The number of carboxylic acids is 1. The molecule has 2 aromatic rings. The molecular formula is C18H15NO4. The number of amides is 1. The Kier molecular flexibility index (Phi) is 3.93. The summed E-state index contributed by atoms with van der Waals surface area (Å²) in [5.41, 5.74) is 1.34. The Balaban J connectivity index is 2.11. The molecule has 2 aromatic carbocycles. The lowest BCUT2D eigenvalue weighted by atomic mass is 9.90. The number of hydrogen-bond acceptors (Lipinski definition) is 3. The van der Waals surface area contributed by atoms with E-state index in [2.05, 4.69) is 0 Å². The van der Waals surface area contributed by atoms with Gasteiger partial charge in [-0.15, -0.1) is 0 Å². The number of rotatable bonds is 4. The highest BCUT2D eigenvalue weighted by Crippen LogP contribution is 2.40. The van der Waals surface area contributed by atoms with E-state index in [1.54, 1.807) is 36.4 Å². The first-order valence-electron chi connectivity index (χ1n) is 7.29. The molecule has 0 aliphatic carbocycles. The summed E-state index contributed by atoms with van der Waals surface area (Å²) in [5.74, 6) is -3.28. The lowest BCUT2D eigenvalue weighted by Gasteiger charge is -2.27. The van der Waals surface area contributed by atoms with E-state index in [4.69, 9.17) is 5.11 Å². The maximum absolute atomic E-state index is 12.5.